The molecule has 2 rings (SSSR count). The van der Waals surface area contributed by atoms with Crippen molar-refractivity contribution in [3.05, 3.63) is 39.9 Å². The number of hydrogen-bond donors (Lipinski definition) is 2. The topological polar surface area (TPSA) is 87.5 Å². The number of benzene rings is 1. The van der Waals surface area contributed by atoms with Gasteiger partial charge in [0.25, 0.3) is 5.69 Å². The number of nitrogens with one attached hydrogen (secondary N) is 2. The molecule has 7 heteroatoms. The van der Waals surface area contributed by atoms with Crippen molar-refractivity contribution in [3.63, 3.8) is 0 Å². The Morgan fingerprint density at radius 1 is 1.47 bits per heavy atom. The molecule has 1 aromatic rings. The van der Waals surface area contributed by atoms with E-state index in [9.17, 15) is 14.9 Å². The van der Waals surface area contributed by atoms with Crippen LogP contribution in [0, 0.1) is 10.1 Å². The van der Waals surface area contributed by atoms with Crippen molar-refractivity contribution in [3.8, 4) is 0 Å². The van der Waals surface area contributed by atoms with E-state index in [0.717, 1.165) is 12.1 Å². The van der Waals surface area contributed by atoms with Crippen LogP contribution in [0.1, 0.15) is 5.56 Å². The first-order valence-electron chi connectivity index (χ1n) is 6.13. The maximum atomic E-state index is 11.3. The maximum Gasteiger partial charge on any atom is 0.317 e. The van der Waals surface area contributed by atoms with Crippen molar-refractivity contribution in [1.82, 2.24) is 15.5 Å². The highest BCUT2D eigenvalue weighted by molar-refractivity contribution is 5.76. The number of rotatable bonds is 6. The summed E-state index contributed by atoms with van der Waals surface area (Å²) in [6.07, 6.45) is 0. The quantitative estimate of drug-likeness (QED) is 0.450. The fourth-order valence-corrected chi connectivity index (χ4v) is 1.95. The predicted molar refractivity (Wildman–Crippen MR) is 69.8 cm³/mol. The zero-order valence-electron chi connectivity index (χ0n) is 10.5. The SMILES string of the molecule is O=C1NCCN1CCNCc1cccc([N+](=O)[O-])c1. The lowest BCUT2D eigenvalue weighted by atomic mass is 10.2. The fourth-order valence-electron chi connectivity index (χ4n) is 1.95. The standard InChI is InChI=1S/C12H16N4O3/c17-12-14-5-7-15(12)6-4-13-9-10-2-1-3-11(8-10)16(18)19/h1-3,8,13H,4-7,9H2,(H,14,17). The Kier molecular flexibility index (Phi) is 4.30. The van der Waals surface area contributed by atoms with Crippen LogP contribution in [0.4, 0.5) is 10.5 Å². The van der Waals surface area contributed by atoms with Crippen LogP contribution >= 0.6 is 0 Å². The van der Waals surface area contributed by atoms with E-state index in [-0.39, 0.29) is 11.7 Å². The van der Waals surface area contributed by atoms with Crippen LogP contribution in [-0.4, -0.2) is 42.0 Å². The van der Waals surface area contributed by atoms with E-state index >= 15 is 0 Å². The van der Waals surface area contributed by atoms with Crippen LogP contribution in [0.2, 0.25) is 0 Å². The number of non-ortho nitro benzene ring substituents is 1. The Bertz CT molecular complexity index is 478. The Hall–Kier alpha value is -2.15. The molecule has 0 aromatic heterocycles. The second-order valence-electron chi connectivity index (χ2n) is 4.32. The van der Waals surface area contributed by atoms with E-state index < -0.39 is 4.92 Å². The van der Waals surface area contributed by atoms with Gasteiger partial charge in [-0.05, 0) is 5.56 Å². The molecule has 0 saturated carbocycles. The molecule has 0 spiro atoms. The molecule has 2 N–H and O–H groups in total. The molecule has 0 atom stereocenters. The minimum Gasteiger partial charge on any atom is -0.336 e. The molecule has 19 heavy (non-hydrogen) atoms. The molecule has 0 aliphatic carbocycles. The van der Waals surface area contributed by atoms with Gasteiger partial charge in [-0.1, -0.05) is 12.1 Å². The lowest BCUT2D eigenvalue weighted by Crippen LogP contribution is -2.34. The second kappa shape index (κ2) is 6.14. The van der Waals surface area contributed by atoms with E-state index in [4.69, 9.17) is 0 Å². The van der Waals surface area contributed by atoms with E-state index in [1.807, 2.05) is 6.07 Å². The van der Waals surface area contributed by atoms with E-state index in [2.05, 4.69) is 10.6 Å². The number of carbonyl (C=O) groups excluding carboxylic acids is 1. The molecule has 1 fully saturated rings. The summed E-state index contributed by atoms with van der Waals surface area (Å²) in [4.78, 5) is 23.2. The summed E-state index contributed by atoms with van der Waals surface area (Å²) in [5, 5.41) is 16.5. The van der Waals surface area contributed by atoms with Gasteiger partial charge in [0.2, 0.25) is 0 Å². The number of amides is 2. The van der Waals surface area contributed by atoms with E-state index in [0.29, 0.717) is 26.2 Å². The van der Waals surface area contributed by atoms with Crippen LogP contribution in [0.3, 0.4) is 0 Å². The van der Waals surface area contributed by atoms with Crippen LogP contribution < -0.4 is 10.6 Å². The molecule has 7 nitrogen and oxygen atoms in total. The summed E-state index contributed by atoms with van der Waals surface area (Å²) in [7, 11) is 0. The zero-order valence-corrected chi connectivity index (χ0v) is 10.5. The zero-order chi connectivity index (χ0) is 13.7. The normalized spacial score (nSPS) is 14.5. The third kappa shape index (κ3) is 3.65. The number of hydrogen-bond acceptors (Lipinski definition) is 4. The summed E-state index contributed by atoms with van der Waals surface area (Å²) in [6.45, 7) is 3.29. The summed E-state index contributed by atoms with van der Waals surface area (Å²) in [5.41, 5.74) is 0.957. The van der Waals surface area contributed by atoms with Crippen molar-refractivity contribution in [2.45, 2.75) is 6.54 Å². The highest BCUT2D eigenvalue weighted by atomic mass is 16.6. The van der Waals surface area contributed by atoms with Gasteiger partial charge >= 0.3 is 6.03 Å². The van der Waals surface area contributed by atoms with E-state index in [1.165, 1.54) is 6.07 Å². The summed E-state index contributed by atoms with van der Waals surface area (Å²) in [5.74, 6) is 0. The molecule has 2 amide bonds. The maximum absolute atomic E-state index is 11.3. The number of nitro benzene ring substituents is 1. The van der Waals surface area contributed by atoms with Gasteiger partial charge in [0, 0.05) is 44.9 Å². The Morgan fingerprint density at radius 2 is 2.32 bits per heavy atom. The number of urea groups is 1. The van der Waals surface area contributed by atoms with Crippen LogP contribution in [-0.2, 0) is 6.54 Å². The molecule has 0 unspecified atom stereocenters. The van der Waals surface area contributed by atoms with E-state index in [1.54, 1.807) is 17.0 Å². The van der Waals surface area contributed by atoms with Crippen molar-refractivity contribution < 1.29 is 9.72 Å². The first-order chi connectivity index (χ1) is 9.16. The highest BCUT2D eigenvalue weighted by Gasteiger charge is 2.18. The van der Waals surface area contributed by atoms with Gasteiger partial charge in [-0.25, -0.2) is 4.79 Å². The van der Waals surface area contributed by atoms with Crippen LogP contribution in [0.15, 0.2) is 24.3 Å². The van der Waals surface area contributed by atoms with Crippen molar-refractivity contribution in [2.75, 3.05) is 26.2 Å². The van der Waals surface area contributed by atoms with Crippen LogP contribution in [0.5, 0.6) is 0 Å². The molecular formula is C12H16N4O3. The molecule has 1 aliphatic heterocycles. The smallest absolute Gasteiger partial charge is 0.317 e. The third-order valence-corrected chi connectivity index (χ3v) is 2.95. The number of carbonyl (C=O) groups is 1. The Labute approximate surface area is 110 Å². The molecule has 0 bridgehead atoms. The molecule has 0 radical (unpaired) electrons. The molecule has 1 aromatic carbocycles. The lowest BCUT2D eigenvalue weighted by molar-refractivity contribution is -0.384. The Morgan fingerprint density at radius 3 is 3.00 bits per heavy atom. The monoisotopic (exact) mass is 264 g/mol. The van der Waals surface area contributed by atoms with Crippen molar-refractivity contribution >= 4 is 11.7 Å². The summed E-state index contributed by atoms with van der Waals surface area (Å²) >= 11 is 0. The first-order valence-corrected chi connectivity index (χ1v) is 6.13. The minimum atomic E-state index is -0.405. The van der Waals surface area contributed by atoms with Gasteiger partial charge in [-0.15, -0.1) is 0 Å². The minimum absolute atomic E-state index is 0.0304. The van der Waals surface area contributed by atoms with Gasteiger partial charge in [0.1, 0.15) is 0 Å². The largest absolute Gasteiger partial charge is 0.336 e. The first kappa shape index (κ1) is 13.3. The number of nitro groups is 1. The van der Waals surface area contributed by atoms with Gasteiger partial charge in [0.15, 0.2) is 0 Å². The molecule has 1 saturated heterocycles. The molecule has 1 aliphatic rings. The molecular weight excluding hydrogens is 248 g/mol. The second-order valence-corrected chi connectivity index (χ2v) is 4.32. The third-order valence-electron chi connectivity index (χ3n) is 2.95. The van der Waals surface area contributed by atoms with Crippen molar-refractivity contribution in [2.24, 2.45) is 0 Å². The molecule has 1 heterocycles. The summed E-state index contributed by atoms with van der Waals surface area (Å²) < 4.78 is 0. The average molecular weight is 264 g/mol. The van der Waals surface area contributed by atoms with Crippen molar-refractivity contribution in [1.29, 1.82) is 0 Å². The summed E-state index contributed by atoms with van der Waals surface area (Å²) in [6, 6.07) is 6.50. The average Bonchev–Trinajstić information content (AvgIpc) is 2.81. The predicted octanol–water partition coefficient (Wildman–Crippen LogP) is 0.710. The molecule has 102 valence electrons. The number of nitrogens with zero attached hydrogens (tertiary/aromatic N) is 2. The lowest BCUT2D eigenvalue weighted by Gasteiger charge is -2.14. The van der Waals surface area contributed by atoms with Gasteiger partial charge in [-0.3, -0.25) is 10.1 Å². The van der Waals surface area contributed by atoms with Gasteiger partial charge < -0.3 is 15.5 Å². The Balaban J connectivity index is 1.75. The fraction of sp³-hybridized carbons (Fsp3) is 0.417. The van der Waals surface area contributed by atoms with Gasteiger partial charge in [-0.2, -0.15) is 0 Å². The highest BCUT2D eigenvalue weighted by Crippen LogP contribution is 2.12. The van der Waals surface area contributed by atoms with Crippen LogP contribution in [0.25, 0.3) is 0 Å². The van der Waals surface area contributed by atoms with Gasteiger partial charge in [0.05, 0.1) is 4.92 Å².